The zero-order valence-corrected chi connectivity index (χ0v) is 20.4. The van der Waals surface area contributed by atoms with Gasteiger partial charge in [0.1, 0.15) is 6.10 Å². The molecule has 11 nitrogen and oxygen atoms in total. The number of hydrogen-bond donors (Lipinski definition) is 6. The normalized spacial score (nSPS) is 18.1. The minimum absolute atomic E-state index is 0.212. The molecule has 6 N–H and O–H groups in total. The van der Waals surface area contributed by atoms with E-state index in [1.165, 1.54) is 19.3 Å². The summed E-state index contributed by atoms with van der Waals surface area (Å²) in [6.07, 6.45) is 9.23. The Bertz CT molecular complexity index is 703. The molecule has 1 heterocycles. The van der Waals surface area contributed by atoms with Crippen LogP contribution in [0, 0.1) is 0 Å². The van der Waals surface area contributed by atoms with Gasteiger partial charge in [-0.1, -0.05) is 77.0 Å². The Morgan fingerprint density at radius 2 is 1.32 bits per heavy atom. The van der Waals surface area contributed by atoms with E-state index >= 15 is 0 Å². The number of rotatable bonds is 20. The Hall–Kier alpha value is -1.65. The van der Waals surface area contributed by atoms with Gasteiger partial charge in [-0.15, -0.1) is 0 Å². The van der Waals surface area contributed by atoms with Gasteiger partial charge in [0.2, 0.25) is 0 Å². The van der Waals surface area contributed by atoms with Crippen LogP contribution in [0.3, 0.4) is 0 Å². The molecule has 0 saturated heterocycles. The first-order valence-corrected chi connectivity index (χ1v) is 13.5. The number of unbranched alkanes of at least 4 members (excludes halogenated alkanes) is 12. The highest BCUT2D eigenvalue weighted by atomic mass is 31.2. The monoisotopic (exact) mass is 510 g/mol. The van der Waals surface area contributed by atoms with Crippen molar-refractivity contribution >= 4 is 19.8 Å². The van der Waals surface area contributed by atoms with Crippen LogP contribution in [0.2, 0.25) is 0 Å². The summed E-state index contributed by atoms with van der Waals surface area (Å²) in [5.74, 6) is -4.08. The molecule has 1 aliphatic rings. The summed E-state index contributed by atoms with van der Waals surface area (Å²) in [6.45, 7) is 0. The maximum Gasteiger partial charge on any atom is 0.525 e. The van der Waals surface area contributed by atoms with Crippen molar-refractivity contribution in [1.82, 2.24) is 0 Å². The largest absolute Gasteiger partial charge is 0.525 e. The molecule has 0 fully saturated rings. The predicted octanol–water partition coefficient (Wildman–Crippen LogP) is 3.45. The lowest BCUT2D eigenvalue weighted by Gasteiger charge is -2.22. The van der Waals surface area contributed by atoms with Gasteiger partial charge in [0.15, 0.2) is 11.9 Å². The quantitative estimate of drug-likeness (QED) is 0.0798. The molecule has 0 aromatic rings. The minimum Gasteiger partial charge on any atom is -0.505 e. The van der Waals surface area contributed by atoms with Crippen molar-refractivity contribution in [2.24, 2.45) is 0 Å². The van der Waals surface area contributed by atoms with Crippen LogP contribution in [0.1, 0.15) is 96.3 Å². The summed E-state index contributed by atoms with van der Waals surface area (Å²) in [5.41, 5.74) is 0. The van der Waals surface area contributed by atoms with E-state index < -0.39 is 49.6 Å². The molecular formula is C22H39O11P. The maximum absolute atomic E-state index is 11.6. The van der Waals surface area contributed by atoms with Gasteiger partial charge in [-0.3, -0.25) is 14.6 Å². The van der Waals surface area contributed by atoms with Crippen LogP contribution in [0.25, 0.3) is 0 Å². The molecular weight excluding hydrogens is 471 g/mol. The van der Waals surface area contributed by atoms with Crippen LogP contribution >= 0.6 is 7.82 Å². The van der Waals surface area contributed by atoms with Gasteiger partial charge in [-0.25, -0.2) is 9.36 Å². The second-order valence-electron chi connectivity index (χ2n) is 8.71. The van der Waals surface area contributed by atoms with E-state index in [0.717, 1.165) is 57.8 Å². The summed E-state index contributed by atoms with van der Waals surface area (Å²) in [7, 11) is -5.10. The van der Waals surface area contributed by atoms with E-state index in [0.29, 0.717) is 6.42 Å². The molecule has 0 aliphatic carbocycles. The standard InChI is InChI=1S/C22H39O11P/c23-16(18(26)20-19(27)21(22(28)32-20)33-34(29,30)31)14-12-10-8-6-4-2-1-3-5-7-9-11-13-15-17(24)25/h16,18,20,23,26-27H,1-15H2,(H,24,25)(H2,29,30,31)/t16?,18-,20?/m0/s1. The Balaban J connectivity index is 2.06. The summed E-state index contributed by atoms with van der Waals surface area (Å²) in [5, 5.41) is 38.7. The number of aliphatic hydroxyl groups excluding tert-OH is 3. The van der Waals surface area contributed by atoms with Gasteiger partial charge in [-0.2, -0.15) is 0 Å². The summed E-state index contributed by atoms with van der Waals surface area (Å²) >= 11 is 0. The molecule has 2 unspecified atom stereocenters. The van der Waals surface area contributed by atoms with Crippen molar-refractivity contribution < 1.29 is 53.6 Å². The average molecular weight is 511 g/mol. The van der Waals surface area contributed by atoms with Crippen molar-refractivity contribution in [2.75, 3.05) is 0 Å². The molecule has 0 amide bonds. The zero-order chi connectivity index (χ0) is 25.6. The van der Waals surface area contributed by atoms with Gasteiger partial charge < -0.3 is 29.7 Å². The first-order chi connectivity index (χ1) is 16.0. The second kappa shape index (κ2) is 16.1. The molecule has 1 aliphatic heterocycles. The molecule has 0 spiro atoms. The molecule has 0 radical (unpaired) electrons. The van der Waals surface area contributed by atoms with Gasteiger partial charge in [-0.05, 0) is 12.8 Å². The summed E-state index contributed by atoms with van der Waals surface area (Å²) in [4.78, 5) is 39.5. The van der Waals surface area contributed by atoms with Crippen molar-refractivity contribution in [3.05, 3.63) is 11.5 Å². The number of cyclic esters (lactones) is 1. The number of carboxylic acids is 1. The van der Waals surface area contributed by atoms with Crippen molar-refractivity contribution in [2.45, 2.75) is 115 Å². The van der Waals surface area contributed by atoms with Crippen LogP contribution in [0.5, 0.6) is 0 Å². The number of phosphoric acid groups is 1. The minimum atomic E-state index is -5.10. The van der Waals surface area contributed by atoms with E-state index in [-0.39, 0.29) is 12.8 Å². The van der Waals surface area contributed by atoms with Crippen LogP contribution in [0.15, 0.2) is 11.5 Å². The highest BCUT2D eigenvalue weighted by Gasteiger charge is 2.44. The Labute approximate surface area is 200 Å². The highest BCUT2D eigenvalue weighted by Crippen LogP contribution is 2.42. The van der Waals surface area contributed by atoms with E-state index in [1.807, 2.05) is 0 Å². The molecule has 198 valence electrons. The van der Waals surface area contributed by atoms with Crippen LogP contribution in [0.4, 0.5) is 0 Å². The fourth-order valence-corrected chi connectivity index (χ4v) is 4.25. The van der Waals surface area contributed by atoms with Crippen molar-refractivity contribution in [1.29, 1.82) is 0 Å². The molecule has 1 rings (SSSR count). The van der Waals surface area contributed by atoms with E-state index in [2.05, 4.69) is 9.26 Å². The zero-order valence-electron chi connectivity index (χ0n) is 19.5. The Kier molecular flexibility index (Phi) is 14.4. The average Bonchev–Trinajstić information content (AvgIpc) is 3.02. The number of aliphatic carboxylic acids is 1. The number of carboxylic acid groups (broad SMARTS) is 1. The van der Waals surface area contributed by atoms with Gasteiger partial charge in [0, 0.05) is 6.42 Å². The van der Waals surface area contributed by atoms with Gasteiger partial charge in [0.25, 0.3) is 5.76 Å². The number of esters is 1. The second-order valence-corrected chi connectivity index (χ2v) is 9.87. The van der Waals surface area contributed by atoms with Crippen LogP contribution < -0.4 is 0 Å². The molecule has 0 aromatic heterocycles. The molecule has 12 heteroatoms. The molecule has 0 bridgehead atoms. The molecule has 3 atom stereocenters. The number of hydrogen-bond acceptors (Lipinski definition) is 8. The maximum atomic E-state index is 11.6. The topological polar surface area (TPSA) is 191 Å². The molecule has 34 heavy (non-hydrogen) atoms. The highest BCUT2D eigenvalue weighted by molar-refractivity contribution is 7.46. The lowest BCUT2D eigenvalue weighted by molar-refractivity contribution is -0.150. The number of aliphatic hydroxyl groups is 3. The van der Waals surface area contributed by atoms with E-state index in [9.17, 15) is 29.5 Å². The number of ether oxygens (including phenoxy) is 1. The number of phosphoric ester groups is 1. The van der Waals surface area contributed by atoms with E-state index in [4.69, 9.17) is 14.9 Å². The summed E-state index contributed by atoms with van der Waals surface area (Å²) < 4.78 is 19.6. The fraction of sp³-hybridized carbons (Fsp3) is 0.818. The Morgan fingerprint density at radius 3 is 1.76 bits per heavy atom. The van der Waals surface area contributed by atoms with Crippen LogP contribution in [-0.2, 0) is 23.4 Å². The summed E-state index contributed by atoms with van der Waals surface area (Å²) in [6, 6.07) is 0. The van der Waals surface area contributed by atoms with E-state index in [1.54, 1.807) is 0 Å². The molecule has 0 aromatic carbocycles. The molecule has 0 saturated carbocycles. The van der Waals surface area contributed by atoms with Gasteiger partial charge >= 0.3 is 19.8 Å². The lowest BCUT2D eigenvalue weighted by Crippen LogP contribution is -2.39. The SMILES string of the molecule is O=C(O)CCCCCCCCCCCCCCCC(O)[C@H](O)C1OC(=O)C(OP(=O)(O)O)=C1O. The third-order valence-electron chi connectivity index (χ3n) is 5.73. The smallest absolute Gasteiger partial charge is 0.505 e. The first kappa shape index (κ1) is 30.4. The first-order valence-electron chi connectivity index (χ1n) is 12.0. The third-order valence-corrected chi connectivity index (χ3v) is 6.15. The predicted molar refractivity (Wildman–Crippen MR) is 122 cm³/mol. The van der Waals surface area contributed by atoms with Crippen molar-refractivity contribution in [3.8, 4) is 0 Å². The third kappa shape index (κ3) is 12.7. The van der Waals surface area contributed by atoms with Gasteiger partial charge in [0.05, 0.1) is 6.10 Å². The van der Waals surface area contributed by atoms with Crippen LogP contribution in [-0.4, -0.2) is 60.5 Å². The number of carbonyl (C=O) groups is 2. The fourth-order valence-electron chi connectivity index (χ4n) is 3.84. The Morgan fingerprint density at radius 1 is 0.882 bits per heavy atom. The number of carbonyl (C=O) groups excluding carboxylic acids is 1. The lowest BCUT2D eigenvalue weighted by atomic mass is 10.00. The van der Waals surface area contributed by atoms with Crippen molar-refractivity contribution in [3.63, 3.8) is 0 Å².